The van der Waals surface area contributed by atoms with Gasteiger partial charge in [0.2, 0.25) is 0 Å². The zero-order chi connectivity index (χ0) is 31.5. The molecule has 8 heteroatoms. The average molecular weight is 812 g/mol. The number of amides is 2. The van der Waals surface area contributed by atoms with Gasteiger partial charge in [0, 0.05) is 0 Å². The summed E-state index contributed by atoms with van der Waals surface area (Å²) in [5.41, 5.74) is 2.09. The number of likely N-dealkylation sites (tertiary alicyclic amines) is 2. The molecule has 236 valence electrons. The van der Waals surface area contributed by atoms with Crippen LogP contribution in [0.4, 0.5) is 9.59 Å². The van der Waals surface area contributed by atoms with Crippen LogP contribution in [0.2, 0.25) is 29.6 Å². The van der Waals surface area contributed by atoms with E-state index >= 15 is 0 Å². The fraction of sp³-hybridized carbons (Fsp3) is 0.500. The second kappa shape index (κ2) is 14.2. The first kappa shape index (κ1) is 33.4. The Bertz CT molecular complexity index is 1360. The van der Waals surface area contributed by atoms with Crippen molar-refractivity contribution in [1.29, 1.82) is 0 Å². The summed E-state index contributed by atoms with van der Waals surface area (Å²) in [5.74, 6) is 1.20. The van der Waals surface area contributed by atoms with E-state index < -0.39 is 36.8 Å². The van der Waals surface area contributed by atoms with Gasteiger partial charge in [0.1, 0.15) is 0 Å². The van der Waals surface area contributed by atoms with E-state index in [-0.39, 0.29) is 18.2 Å². The first-order chi connectivity index (χ1) is 20.9. The second-order valence-corrected chi connectivity index (χ2v) is 44.2. The molecule has 2 aliphatic carbocycles. The van der Waals surface area contributed by atoms with Crippen LogP contribution in [0.5, 0.6) is 0 Å². The van der Waals surface area contributed by atoms with Gasteiger partial charge in [-0.3, -0.25) is 0 Å². The van der Waals surface area contributed by atoms with Crippen molar-refractivity contribution in [3.63, 3.8) is 0 Å². The number of hydrogen-bond donors (Lipinski definition) is 0. The Hall–Kier alpha value is -1.94. The summed E-state index contributed by atoms with van der Waals surface area (Å²) >= 11 is -3.96. The van der Waals surface area contributed by atoms with Crippen molar-refractivity contribution in [3.8, 4) is 0 Å². The quantitative estimate of drug-likeness (QED) is 0.275. The van der Waals surface area contributed by atoms with Gasteiger partial charge in [0.25, 0.3) is 0 Å². The molecule has 2 aliphatic heterocycles. The van der Waals surface area contributed by atoms with Crippen LogP contribution in [-0.2, 0) is 22.7 Å². The number of nitrogens with zero attached hydrogens (tertiary/aromatic N) is 2. The maximum atomic E-state index is 12.4. The number of allylic oxidation sites excluding steroid dienone is 1. The molecule has 2 amide bonds. The third kappa shape index (κ3) is 8.25. The fourth-order valence-electron chi connectivity index (χ4n) is 6.93. The van der Waals surface area contributed by atoms with Crippen molar-refractivity contribution in [3.05, 3.63) is 91.1 Å². The van der Waals surface area contributed by atoms with Crippen molar-refractivity contribution in [2.45, 2.75) is 80.6 Å². The van der Waals surface area contributed by atoms with Gasteiger partial charge in [-0.1, -0.05) is 0 Å². The molecular weight excluding hydrogens is 762 g/mol. The van der Waals surface area contributed by atoms with Gasteiger partial charge in [-0.15, -0.1) is 0 Å². The molecule has 44 heavy (non-hydrogen) atoms. The Morgan fingerprint density at radius 1 is 0.682 bits per heavy atom. The summed E-state index contributed by atoms with van der Waals surface area (Å²) in [7, 11) is 0. The summed E-state index contributed by atoms with van der Waals surface area (Å²) in [4.78, 5) is 43.5. The molecule has 2 aromatic rings. The van der Waals surface area contributed by atoms with E-state index in [0.717, 1.165) is 43.5 Å². The number of fused-ring (bicyclic) bond motifs is 2. The monoisotopic (exact) mass is 814 g/mol. The normalized spacial score (nSPS) is 24.1. The molecule has 2 fully saturated rings. The van der Waals surface area contributed by atoms with Crippen molar-refractivity contribution in [1.82, 2.24) is 9.80 Å². The molecule has 0 bridgehead atoms. The van der Waals surface area contributed by atoms with Gasteiger partial charge in [-0.25, -0.2) is 0 Å². The van der Waals surface area contributed by atoms with Crippen molar-refractivity contribution < 1.29 is 19.1 Å². The summed E-state index contributed by atoms with van der Waals surface area (Å²) in [6, 6.07) is 20.4. The van der Waals surface area contributed by atoms with Crippen LogP contribution in [0.25, 0.3) is 0 Å². The molecule has 4 atom stereocenters. The molecule has 6 nitrogen and oxygen atoms in total. The Morgan fingerprint density at radius 2 is 1.18 bits per heavy atom. The SMILES string of the molecule is [CH3][Sn]([CH3])([CH3])[C]1=CC2C(CCN2C(=O)OCc2ccccc2)C1.[CH3][Sn]([CH3])([CH3])[C]1=CC2CCN(C(=O)OCc3ccccc3)C2C1. The molecule has 2 heterocycles. The molecule has 4 aliphatic rings. The van der Waals surface area contributed by atoms with Gasteiger partial charge in [-0.05, 0) is 0 Å². The number of benzene rings is 2. The van der Waals surface area contributed by atoms with Crippen LogP contribution in [0.3, 0.4) is 0 Å². The molecule has 4 unspecified atom stereocenters. The molecular formula is C36H50N2O4Sn2. The van der Waals surface area contributed by atoms with Crippen molar-refractivity contribution in [2.75, 3.05) is 13.1 Å². The first-order valence-electron chi connectivity index (χ1n) is 16.3. The predicted molar refractivity (Wildman–Crippen MR) is 183 cm³/mol. The summed E-state index contributed by atoms with van der Waals surface area (Å²) in [6.45, 7) is 2.41. The van der Waals surface area contributed by atoms with E-state index in [1.54, 1.807) is 7.18 Å². The molecule has 6 rings (SSSR count). The predicted octanol–water partition coefficient (Wildman–Crippen LogP) is 8.44. The number of ether oxygens (including phenoxy) is 2. The molecule has 2 saturated heterocycles. The van der Waals surface area contributed by atoms with E-state index in [1.807, 2.05) is 70.5 Å². The van der Waals surface area contributed by atoms with Crippen LogP contribution in [-0.4, -0.2) is 83.9 Å². The zero-order valence-electron chi connectivity index (χ0n) is 27.4. The Morgan fingerprint density at radius 3 is 1.73 bits per heavy atom. The van der Waals surface area contributed by atoms with E-state index in [0.29, 0.717) is 31.1 Å². The molecule has 2 aromatic carbocycles. The Kier molecular flexibility index (Phi) is 10.8. The number of hydrogen-bond acceptors (Lipinski definition) is 4. The summed E-state index contributed by atoms with van der Waals surface area (Å²) < 4.78 is 14.4. The van der Waals surface area contributed by atoms with Gasteiger partial charge in [-0.2, -0.15) is 0 Å². The van der Waals surface area contributed by atoms with E-state index in [1.165, 1.54) is 6.42 Å². The average Bonchev–Trinajstić information content (AvgIpc) is 3.76. The maximum absolute atomic E-state index is 12.4. The Balaban J connectivity index is 0.000000175. The van der Waals surface area contributed by atoms with E-state index in [9.17, 15) is 9.59 Å². The van der Waals surface area contributed by atoms with Crippen LogP contribution >= 0.6 is 0 Å². The Labute approximate surface area is 272 Å². The number of carbonyl (C=O) groups is 2. The number of rotatable bonds is 6. The van der Waals surface area contributed by atoms with Crippen LogP contribution in [0, 0.1) is 11.8 Å². The minimum absolute atomic E-state index is 0.143. The van der Waals surface area contributed by atoms with E-state index in [2.05, 4.69) is 41.8 Å². The van der Waals surface area contributed by atoms with Gasteiger partial charge in [0.15, 0.2) is 0 Å². The molecule has 0 saturated carbocycles. The summed E-state index contributed by atoms with van der Waals surface area (Å²) in [6.07, 6.45) is 9.11. The molecule has 0 spiro atoms. The molecule has 0 aromatic heterocycles. The first-order valence-corrected chi connectivity index (χ1v) is 36.2. The van der Waals surface area contributed by atoms with Gasteiger partial charge in [0.05, 0.1) is 0 Å². The van der Waals surface area contributed by atoms with Crippen molar-refractivity contribution >= 4 is 48.9 Å². The van der Waals surface area contributed by atoms with Crippen LogP contribution in [0.1, 0.15) is 36.8 Å². The molecule has 0 N–H and O–H groups in total. The van der Waals surface area contributed by atoms with Gasteiger partial charge < -0.3 is 0 Å². The summed E-state index contributed by atoms with van der Waals surface area (Å²) in [5, 5.41) is 0. The molecule has 0 radical (unpaired) electrons. The van der Waals surface area contributed by atoms with Crippen LogP contribution in [0.15, 0.2) is 80.0 Å². The van der Waals surface area contributed by atoms with E-state index in [4.69, 9.17) is 9.47 Å². The number of carbonyl (C=O) groups excluding carboxylic acids is 2. The van der Waals surface area contributed by atoms with Gasteiger partial charge >= 0.3 is 274 Å². The second-order valence-electron chi connectivity index (χ2n) is 14.8. The van der Waals surface area contributed by atoms with Crippen molar-refractivity contribution in [2.24, 2.45) is 11.8 Å². The standard InChI is InChI=1S/2C15H16NO2.6CH3.2Sn/c2*17-15(18-11-12-5-2-1-3-6-12)16-10-9-13-7-4-8-14(13)16;;;;;;;;/h1-3,5-6,8,13-14H,7,9-11H2;1-3,5-7,13-14H,8-11H2;6*1H3;;. The van der Waals surface area contributed by atoms with Crippen LogP contribution < -0.4 is 0 Å². The third-order valence-electron chi connectivity index (χ3n) is 9.69. The zero-order valence-corrected chi connectivity index (χ0v) is 33.1. The minimum atomic E-state index is -1.98. The third-order valence-corrected chi connectivity index (χ3v) is 22.8. The fourth-order valence-corrected chi connectivity index (χ4v) is 15.7. The topological polar surface area (TPSA) is 59.1 Å².